The highest BCUT2D eigenvalue weighted by Gasteiger charge is 2.46. The van der Waals surface area contributed by atoms with Crippen molar-refractivity contribution in [2.75, 3.05) is 25.5 Å². The second-order valence-electron chi connectivity index (χ2n) is 6.91. The van der Waals surface area contributed by atoms with Crippen molar-refractivity contribution in [3.63, 3.8) is 0 Å². The molecule has 2 amide bonds. The lowest BCUT2D eigenvalue weighted by Gasteiger charge is -2.35. The Labute approximate surface area is 162 Å². The molecule has 28 heavy (non-hydrogen) atoms. The lowest BCUT2D eigenvalue weighted by atomic mass is 9.87. The van der Waals surface area contributed by atoms with Gasteiger partial charge in [-0.25, -0.2) is 4.99 Å². The fourth-order valence-corrected chi connectivity index (χ4v) is 3.57. The zero-order chi connectivity index (χ0) is 19.7. The number of benzene rings is 1. The molecule has 0 bridgehead atoms. The zero-order valence-electron chi connectivity index (χ0n) is 15.5. The van der Waals surface area contributed by atoms with Gasteiger partial charge in [0.1, 0.15) is 11.4 Å². The number of guanidine groups is 1. The number of amides is 2. The Morgan fingerprint density at radius 2 is 2.00 bits per heavy atom. The molecule has 1 aromatic carbocycles. The molecule has 0 radical (unpaired) electrons. The van der Waals surface area contributed by atoms with Crippen LogP contribution in [0.1, 0.15) is 23.2 Å². The van der Waals surface area contributed by atoms with Gasteiger partial charge < -0.3 is 16.0 Å². The zero-order valence-corrected chi connectivity index (χ0v) is 15.5. The number of nitrogens with one attached hydrogen (secondary N) is 2. The smallest absolute Gasteiger partial charge is 0.254 e. The predicted octanol–water partition coefficient (Wildman–Crippen LogP) is 0.605. The van der Waals surface area contributed by atoms with Crippen LogP contribution in [0.25, 0.3) is 11.3 Å². The molecule has 1 aromatic heterocycles. The van der Waals surface area contributed by atoms with Gasteiger partial charge in [-0.05, 0) is 37.1 Å². The molecule has 9 nitrogen and oxygen atoms in total. The molecule has 9 heteroatoms. The largest absolute Gasteiger partial charge is 0.372 e. The molecule has 1 fully saturated rings. The van der Waals surface area contributed by atoms with E-state index in [1.54, 1.807) is 18.0 Å². The van der Waals surface area contributed by atoms with Crippen molar-refractivity contribution in [2.45, 2.75) is 18.4 Å². The van der Waals surface area contributed by atoms with E-state index in [0.717, 1.165) is 5.56 Å². The minimum Gasteiger partial charge on any atom is -0.372 e. The molecule has 4 rings (SSSR count). The van der Waals surface area contributed by atoms with E-state index in [2.05, 4.69) is 25.8 Å². The minimum atomic E-state index is -0.826. The molecule has 4 N–H and O–H groups in total. The van der Waals surface area contributed by atoms with Gasteiger partial charge in [0.05, 0.1) is 5.69 Å². The van der Waals surface area contributed by atoms with Gasteiger partial charge in [0.25, 0.3) is 11.8 Å². The van der Waals surface area contributed by atoms with Crippen LogP contribution in [0.3, 0.4) is 0 Å². The van der Waals surface area contributed by atoms with Crippen molar-refractivity contribution in [3.8, 4) is 11.3 Å². The lowest BCUT2D eigenvalue weighted by molar-refractivity contribution is -0.125. The van der Waals surface area contributed by atoms with Gasteiger partial charge in [-0.2, -0.15) is 0 Å². The summed E-state index contributed by atoms with van der Waals surface area (Å²) in [4.78, 5) is 31.1. The number of hydrogen-bond acceptors (Lipinski definition) is 7. The topological polar surface area (TPSA) is 126 Å². The van der Waals surface area contributed by atoms with E-state index < -0.39 is 5.54 Å². The molecule has 3 heterocycles. The first-order valence-corrected chi connectivity index (χ1v) is 9.09. The van der Waals surface area contributed by atoms with Crippen LogP contribution in [-0.2, 0) is 4.79 Å². The van der Waals surface area contributed by atoms with Crippen LogP contribution < -0.4 is 16.4 Å². The average molecular weight is 379 g/mol. The summed E-state index contributed by atoms with van der Waals surface area (Å²) >= 11 is 0. The first-order valence-electron chi connectivity index (χ1n) is 9.09. The number of nitrogens with two attached hydrogens (primary N) is 1. The quantitative estimate of drug-likeness (QED) is 0.717. The monoisotopic (exact) mass is 379 g/mol. The molecule has 2 aromatic rings. The van der Waals surface area contributed by atoms with Gasteiger partial charge in [0.2, 0.25) is 0 Å². The fourth-order valence-electron chi connectivity index (χ4n) is 3.57. The molecule has 2 aliphatic rings. The molecule has 0 saturated carbocycles. The maximum Gasteiger partial charge on any atom is 0.254 e. The summed E-state index contributed by atoms with van der Waals surface area (Å²) < 4.78 is 0. The summed E-state index contributed by atoms with van der Waals surface area (Å²) in [5.74, 6) is 0.579. The number of likely N-dealkylation sites (tertiary alicyclic amines) is 1. The van der Waals surface area contributed by atoms with Crippen molar-refractivity contribution in [3.05, 3.63) is 42.0 Å². The average Bonchev–Trinajstić information content (AvgIpc) is 3.00. The molecule has 144 valence electrons. The molecule has 0 atom stereocenters. The molecule has 0 unspecified atom stereocenters. The summed E-state index contributed by atoms with van der Waals surface area (Å²) in [6.07, 6.45) is 0.920. The van der Waals surface area contributed by atoms with Crippen LogP contribution in [0, 0.1) is 0 Å². The van der Waals surface area contributed by atoms with E-state index in [4.69, 9.17) is 5.73 Å². The molecule has 0 aliphatic carbocycles. The maximum atomic E-state index is 13.0. The van der Waals surface area contributed by atoms with E-state index in [-0.39, 0.29) is 17.8 Å². The van der Waals surface area contributed by atoms with Crippen LogP contribution in [0.15, 0.2) is 41.4 Å². The fraction of sp³-hybridized carbons (Fsp3) is 0.316. The lowest BCUT2D eigenvalue weighted by Crippen LogP contribution is -2.50. The van der Waals surface area contributed by atoms with Crippen molar-refractivity contribution in [1.29, 1.82) is 0 Å². The van der Waals surface area contributed by atoms with Crippen LogP contribution in [-0.4, -0.2) is 58.5 Å². The first kappa shape index (κ1) is 17.9. The van der Waals surface area contributed by atoms with E-state index in [1.807, 2.05) is 30.3 Å². The van der Waals surface area contributed by atoms with Crippen molar-refractivity contribution < 1.29 is 9.59 Å². The Bertz CT molecular complexity index is 947. The van der Waals surface area contributed by atoms with E-state index >= 15 is 0 Å². The van der Waals surface area contributed by atoms with Crippen LogP contribution in [0.5, 0.6) is 0 Å². The number of rotatable bonds is 3. The van der Waals surface area contributed by atoms with Gasteiger partial charge in [0, 0.05) is 31.3 Å². The van der Waals surface area contributed by atoms with E-state index in [9.17, 15) is 9.59 Å². The summed E-state index contributed by atoms with van der Waals surface area (Å²) in [5, 5.41) is 13.7. The van der Waals surface area contributed by atoms with Crippen LogP contribution in [0.2, 0.25) is 0 Å². The van der Waals surface area contributed by atoms with Gasteiger partial charge in [-0.3, -0.25) is 14.9 Å². The minimum absolute atomic E-state index is 0.0770. The van der Waals surface area contributed by atoms with Gasteiger partial charge >= 0.3 is 0 Å². The third kappa shape index (κ3) is 3.15. The third-order valence-corrected chi connectivity index (χ3v) is 5.20. The van der Waals surface area contributed by atoms with Crippen molar-refractivity contribution >= 4 is 23.6 Å². The van der Waals surface area contributed by atoms with Gasteiger partial charge in [-0.1, -0.05) is 12.1 Å². The number of hydrogen-bond donors (Lipinski definition) is 3. The highest BCUT2D eigenvalue weighted by Crippen LogP contribution is 2.30. The molecule has 2 aliphatic heterocycles. The van der Waals surface area contributed by atoms with Crippen molar-refractivity contribution in [1.82, 2.24) is 20.4 Å². The Morgan fingerprint density at radius 1 is 1.21 bits per heavy atom. The Morgan fingerprint density at radius 3 is 2.61 bits per heavy atom. The van der Waals surface area contributed by atoms with Crippen LogP contribution >= 0.6 is 0 Å². The normalized spacial score (nSPS) is 18.0. The standard InChI is InChI=1S/C19H21N7O2/c1-21-15-6-5-14(24-25-15)12-3-2-4-13(11-12)16(27)26-9-7-19(8-10-26)17(28)22-18(20)23-19/h2-6,11H,7-10H2,1H3,(H,21,25)(H3,20,22,23,28). The Balaban J connectivity index is 1.49. The first-order chi connectivity index (χ1) is 13.5. The summed E-state index contributed by atoms with van der Waals surface area (Å²) in [6, 6.07) is 11.0. The summed E-state index contributed by atoms with van der Waals surface area (Å²) in [5.41, 5.74) is 6.89. The maximum absolute atomic E-state index is 13.0. The molecule has 1 saturated heterocycles. The number of carbonyl (C=O) groups is 2. The Kier molecular flexibility index (Phi) is 4.42. The molecule has 1 spiro atoms. The predicted molar refractivity (Wildman–Crippen MR) is 105 cm³/mol. The van der Waals surface area contributed by atoms with E-state index in [0.29, 0.717) is 43.0 Å². The Hall–Kier alpha value is -3.49. The van der Waals surface area contributed by atoms with Crippen LogP contribution in [0.4, 0.5) is 5.82 Å². The second-order valence-corrected chi connectivity index (χ2v) is 6.91. The van der Waals surface area contributed by atoms with E-state index in [1.165, 1.54) is 0 Å². The summed E-state index contributed by atoms with van der Waals surface area (Å²) in [7, 11) is 1.78. The number of anilines is 1. The second kappa shape index (κ2) is 6.91. The number of aromatic nitrogens is 2. The van der Waals surface area contributed by atoms with Crippen molar-refractivity contribution in [2.24, 2.45) is 10.7 Å². The number of nitrogens with zero attached hydrogens (tertiary/aromatic N) is 4. The SMILES string of the molecule is CNc1ccc(-c2cccc(C(=O)N3CCC4(CC3)N=C(N)NC4=O)c2)nn1. The highest BCUT2D eigenvalue weighted by atomic mass is 16.2. The third-order valence-electron chi connectivity index (χ3n) is 5.20. The number of carbonyl (C=O) groups excluding carboxylic acids is 2. The number of aliphatic imine (C=N–C) groups is 1. The molecular formula is C19H21N7O2. The van der Waals surface area contributed by atoms with Gasteiger partial charge in [-0.15, -0.1) is 10.2 Å². The summed E-state index contributed by atoms with van der Waals surface area (Å²) in [6.45, 7) is 0.897. The highest BCUT2D eigenvalue weighted by molar-refractivity contribution is 6.07. The molecular weight excluding hydrogens is 358 g/mol. The van der Waals surface area contributed by atoms with Gasteiger partial charge in [0.15, 0.2) is 5.96 Å². The number of piperidine rings is 1.